The van der Waals surface area contributed by atoms with Crippen LogP contribution >= 0.6 is 11.8 Å². The van der Waals surface area contributed by atoms with Gasteiger partial charge in [-0.1, -0.05) is 5.16 Å². The number of nitrogens with two attached hydrogens (primary N) is 1. The third kappa shape index (κ3) is 2.98. The maximum Gasteiger partial charge on any atom is 0.188 e. The van der Waals surface area contributed by atoms with E-state index < -0.39 is 0 Å². The number of tetrazole rings is 1. The predicted molar refractivity (Wildman–Crippen MR) is 73.0 cm³/mol. The molecule has 1 saturated heterocycles. The quantitative estimate of drug-likeness (QED) is 0.337. The molecule has 0 unspecified atom stereocenters. The van der Waals surface area contributed by atoms with Crippen molar-refractivity contribution in [3.8, 4) is 0 Å². The average Bonchev–Trinajstić information content (AvgIpc) is 2.84. The van der Waals surface area contributed by atoms with Crippen LogP contribution in [0.25, 0.3) is 0 Å². The van der Waals surface area contributed by atoms with Crippen molar-refractivity contribution in [3.63, 3.8) is 0 Å². The summed E-state index contributed by atoms with van der Waals surface area (Å²) in [6.45, 7) is 2.43. The highest BCUT2D eigenvalue weighted by Crippen LogP contribution is 2.35. The lowest BCUT2D eigenvalue weighted by Gasteiger charge is -2.39. The zero-order valence-corrected chi connectivity index (χ0v) is 12.0. The molecule has 0 bridgehead atoms. The molecule has 1 aliphatic heterocycles. The fraction of sp³-hybridized carbons (Fsp3) is 0.800. The number of aromatic nitrogens is 4. The summed E-state index contributed by atoms with van der Waals surface area (Å²) in [4.78, 5) is 3.72. The zero-order chi connectivity index (χ0) is 13.9. The van der Waals surface area contributed by atoms with Crippen molar-refractivity contribution in [1.29, 1.82) is 0 Å². The summed E-state index contributed by atoms with van der Waals surface area (Å²) in [5.74, 6) is 1.04. The van der Waals surface area contributed by atoms with E-state index in [0.717, 1.165) is 31.8 Å². The standard InChI is InChI=1S/C10H19N7OS/c1-16-13-8(12-15-16)7-17-5-3-10(19-2,4-6-17)9(11)14-18/h18H,3-7H2,1-2H3,(H2,11,14). The highest BCUT2D eigenvalue weighted by Gasteiger charge is 2.38. The van der Waals surface area contributed by atoms with E-state index in [-0.39, 0.29) is 4.75 Å². The lowest BCUT2D eigenvalue weighted by Crippen LogP contribution is -2.49. The number of thioether (sulfide) groups is 1. The van der Waals surface area contributed by atoms with Crippen molar-refractivity contribution in [2.75, 3.05) is 19.3 Å². The number of amidine groups is 1. The normalized spacial score (nSPS) is 20.6. The largest absolute Gasteiger partial charge is 0.409 e. The third-order valence-electron chi connectivity index (χ3n) is 3.54. The fourth-order valence-electron chi connectivity index (χ4n) is 2.31. The second-order valence-electron chi connectivity index (χ2n) is 4.65. The minimum Gasteiger partial charge on any atom is -0.409 e. The van der Waals surface area contributed by atoms with Crippen LogP contribution in [0.5, 0.6) is 0 Å². The molecule has 0 amide bonds. The molecule has 9 heteroatoms. The molecule has 1 fully saturated rings. The van der Waals surface area contributed by atoms with Crippen molar-refractivity contribution in [3.05, 3.63) is 5.82 Å². The number of nitrogens with zero attached hydrogens (tertiary/aromatic N) is 6. The molecule has 0 spiro atoms. The Labute approximate surface area is 116 Å². The van der Waals surface area contributed by atoms with Gasteiger partial charge in [0.2, 0.25) is 0 Å². The molecule has 0 atom stereocenters. The van der Waals surface area contributed by atoms with Crippen molar-refractivity contribution in [1.82, 2.24) is 25.1 Å². The maximum absolute atomic E-state index is 8.89. The third-order valence-corrected chi connectivity index (χ3v) is 4.94. The van der Waals surface area contributed by atoms with Crippen LogP contribution in [-0.4, -0.2) is 60.2 Å². The molecule has 2 rings (SSSR count). The first kappa shape index (κ1) is 14.1. The Morgan fingerprint density at radius 1 is 1.53 bits per heavy atom. The van der Waals surface area contributed by atoms with E-state index in [4.69, 9.17) is 10.9 Å². The Morgan fingerprint density at radius 2 is 2.21 bits per heavy atom. The first-order valence-electron chi connectivity index (χ1n) is 6.08. The topological polar surface area (TPSA) is 105 Å². The van der Waals surface area contributed by atoms with Crippen LogP contribution in [-0.2, 0) is 13.6 Å². The van der Waals surface area contributed by atoms with Gasteiger partial charge in [0.15, 0.2) is 11.7 Å². The number of aryl methyl sites for hydroxylation is 1. The van der Waals surface area contributed by atoms with Gasteiger partial charge in [-0.15, -0.1) is 10.2 Å². The first-order valence-corrected chi connectivity index (χ1v) is 7.30. The van der Waals surface area contributed by atoms with Crippen molar-refractivity contribution < 1.29 is 5.21 Å². The highest BCUT2D eigenvalue weighted by molar-refractivity contribution is 8.00. The number of piperidine rings is 1. The minimum atomic E-state index is -0.249. The molecule has 106 valence electrons. The van der Waals surface area contributed by atoms with E-state index in [1.807, 2.05) is 6.26 Å². The number of oxime groups is 1. The van der Waals surface area contributed by atoms with Crippen LogP contribution in [0, 0.1) is 0 Å². The summed E-state index contributed by atoms with van der Waals surface area (Å²) < 4.78 is -0.249. The second kappa shape index (κ2) is 5.74. The van der Waals surface area contributed by atoms with Gasteiger partial charge in [0.25, 0.3) is 0 Å². The second-order valence-corrected chi connectivity index (χ2v) is 5.84. The van der Waals surface area contributed by atoms with E-state index in [9.17, 15) is 0 Å². The highest BCUT2D eigenvalue weighted by atomic mass is 32.2. The van der Waals surface area contributed by atoms with Gasteiger partial charge in [-0.25, -0.2) is 0 Å². The van der Waals surface area contributed by atoms with E-state index in [0.29, 0.717) is 12.4 Å². The lowest BCUT2D eigenvalue weighted by molar-refractivity contribution is 0.204. The Kier molecular flexibility index (Phi) is 4.25. The summed E-state index contributed by atoms with van der Waals surface area (Å²) >= 11 is 1.65. The van der Waals surface area contributed by atoms with Crippen LogP contribution in [0.15, 0.2) is 5.16 Å². The van der Waals surface area contributed by atoms with Crippen molar-refractivity contribution in [2.24, 2.45) is 17.9 Å². The van der Waals surface area contributed by atoms with Crippen LogP contribution in [0.3, 0.4) is 0 Å². The molecule has 1 aromatic heterocycles. The van der Waals surface area contributed by atoms with Gasteiger partial charge in [0.1, 0.15) is 0 Å². The first-order chi connectivity index (χ1) is 9.09. The minimum absolute atomic E-state index is 0.249. The summed E-state index contributed by atoms with van der Waals surface area (Å²) in [5, 5.41) is 24.1. The zero-order valence-electron chi connectivity index (χ0n) is 11.2. The van der Waals surface area contributed by atoms with Crippen LogP contribution < -0.4 is 5.73 Å². The Balaban J connectivity index is 1.95. The molecular formula is C10H19N7OS. The van der Waals surface area contributed by atoms with Gasteiger partial charge in [0, 0.05) is 13.1 Å². The number of hydrogen-bond acceptors (Lipinski definition) is 7. The summed E-state index contributed by atoms with van der Waals surface area (Å²) in [6, 6.07) is 0. The van der Waals surface area contributed by atoms with Crippen molar-refractivity contribution >= 4 is 17.6 Å². The molecule has 19 heavy (non-hydrogen) atoms. The SMILES string of the molecule is CSC1(C(N)=NO)CCN(Cc2nnn(C)n2)CC1. The van der Waals surface area contributed by atoms with Gasteiger partial charge in [-0.3, -0.25) is 4.90 Å². The van der Waals surface area contributed by atoms with Gasteiger partial charge in [0.05, 0.1) is 18.3 Å². The molecular weight excluding hydrogens is 266 g/mol. The summed E-state index contributed by atoms with van der Waals surface area (Å²) in [5.41, 5.74) is 5.82. The van der Waals surface area contributed by atoms with Gasteiger partial charge >= 0.3 is 0 Å². The smallest absolute Gasteiger partial charge is 0.188 e. The molecule has 2 heterocycles. The molecule has 1 aromatic rings. The number of rotatable bonds is 4. The van der Waals surface area contributed by atoms with E-state index in [2.05, 4.69) is 25.5 Å². The predicted octanol–water partition coefficient (Wildman–Crippen LogP) is -0.346. The molecule has 8 nitrogen and oxygen atoms in total. The molecule has 1 aliphatic rings. The van der Waals surface area contributed by atoms with Crippen molar-refractivity contribution in [2.45, 2.75) is 24.1 Å². The summed E-state index contributed by atoms with van der Waals surface area (Å²) in [6.07, 6.45) is 3.70. The average molecular weight is 285 g/mol. The fourth-order valence-corrected chi connectivity index (χ4v) is 3.16. The lowest BCUT2D eigenvalue weighted by atomic mass is 9.94. The van der Waals surface area contributed by atoms with E-state index in [1.165, 1.54) is 4.80 Å². The van der Waals surface area contributed by atoms with E-state index in [1.54, 1.807) is 18.8 Å². The molecule has 0 saturated carbocycles. The van der Waals surface area contributed by atoms with Crippen LogP contribution in [0.1, 0.15) is 18.7 Å². The Bertz CT molecular complexity index is 452. The maximum atomic E-state index is 8.89. The van der Waals surface area contributed by atoms with Gasteiger partial charge in [-0.05, 0) is 24.3 Å². The van der Waals surface area contributed by atoms with E-state index >= 15 is 0 Å². The van der Waals surface area contributed by atoms with Crippen LogP contribution in [0.2, 0.25) is 0 Å². The monoisotopic (exact) mass is 285 g/mol. The van der Waals surface area contributed by atoms with Gasteiger partial charge in [-0.2, -0.15) is 16.6 Å². The number of likely N-dealkylation sites (tertiary alicyclic amines) is 1. The summed E-state index contributed by atoms with van der Waals surface area (Å²) in [7, 11) is 1.75. The molecule has 0 aromatic carbocycles. The van der Waals surface area contributed by atoms with Gasteiger partial charge < -0.3 is 10.9 Å². The molecule has 3 N–H and O–H groups in total. The Hall–Kier alpha value is -1.35. The molecule has 0 radical (unpaired) electrons. The van der Waals surface area contributed by atoms with Crippen LogP contribution in [0.4, 0.5) is 0 Å². The molecule has 0 aliphatic carbocycles. The number of hydrogen-bond donors (Lipinski definition) is 2. The Morgan fingerprint density at radius 3 is 2.68 bits per heavy atom.